The average Bonchev–Trinajstić information content (AvgIpc) is 2.64. The average molecular weight is 363 g/mol. The van der Waals surface area contributed by atoms with Gasteiger partial charge in [-0.3, -0.25) is 9.88 Å². The van der Waals surface area contributed by atoms with Crippen LogP contribution in [-0.2, 0) is 22.2 Å². The van der Waals surface area contributed by atoms with Gasteiger partial charge >= 0.3 is 7.60 Å². The maximum atomic E-state index is 12.6. The normalized spacial score (nSPS) is 14.7. The van der Waals surface area contributed by atoms with E-state index in [0.717, 1.165) is 23.3 Å². The van der Waals surface area contributed by atoms with Crippen molar-refractivity contribution >= 4 is 7.60 Å². The zero-order valence-electron chi connectivity index (χ0n) is 14.7. The number of hydrogen-bond acceptors (Lipinski definition) is 4. The van der Waals surface area contributed by atoms with Crippen molar-refractivity contribution in [2.45, 2.75) is 38.7 Å². The summed E-state index contributed by atoms with van der Waals surface area (Å²) in [7, 11) is -2.15. The van der Waals surface area contributed by atoms with Crippen molar-refractivity contribution in [3.05, 3.63) is 65.7 Å². The number of benzene rings is 2. The van der Waals surface area contributed by atoms with Crippen LogP contribution in [0, 0.1) is 0 Å². The lowest BCUT2D eigenvalue weighted by atomic mass is 10.2. The third kappa shape index (κ3) is 6.29. The van der Waals surface area contributed by atoms with Crippen LogP contribution in [0.15, 0.2) is 54.6 Å². The topological polar surface area (TPSA) is 67.8 Å². The molecule has 0 saturated heterocycles. The van der Waals surface area contributed by atoms with E-state index in [-0.39, 0.29) is 6.61 Å². The van der Waals surface area contributed by atoms with Crippen LogP contribution < -0.4 is 10.1 Å². The fraction of sp³-hybridized carbons (Fsp3) is 0.368. The lowest BCUT2D eigenvalue weighted by Gasteiger charge is -2.23. The molecule has 5 nitrogen and oxygen atoms in total. The maximum absolute atomic E-state index is 12.6. The van der Waals surface area contributed by atoms with E-state index in [2.05, 4.69) is 5.32 Å². The summed E-state index contributed by atoms with van der Waals surface area (Å²) < 4.78 is 23.2. The van der Waals surface area contributed by atoms with Gasteiger partial charge in [-0.1, -0.05) is 55.8 Å². The minimum Gasteiger partial charge on any atom is -0.497 e. The number of hydrogen-bond donors (Lipinski definition) is 2. The fourth-order valence-electron chi connectivity index (χ4n) is 2.46. The van der Waals surface area contributed by atoms with Gasteiger partial charge in [0.2, 0.25) is 0 Å². The van der Waals surface area contributed by atoms with Crippen molar-refractivity contribution in [1.82, 2.24) is 5.32 Å². The smallest absolute Gasteiger partial charge is 0.345 e. The summed E-state index contributed by atoms with van der Waals surface area (Å²) in [6.07, 6.45) is 1.36. The lowest BCUT2D eigenvalue weighted by molar-refractivity contribution is 0.234. The Morgan fingerprint density at radius 1 is 1.08 bits per heavy atom. The SMILES string of the molecule is CCCC(NCc1ccc(OC)cc1)P(=O)(O)OCc1ccccc1. The molecule has 0 saturated carbocycles. The van der Waals surface area contributed by atoms with E-state index in [1.807, 2.05) is 61.5 Å². The molecule has 2 unspecified atom stereocenters. The summed E-state index contributed by atoms with van der Waals surface area (Å²) in [6.45, 7) is 2.60. The van der Waals surface area contributed by atoms with Crippen molar-refractivity contribution in [2.24, 2.45) is 0 Å². The molecule has 0 amide bonds. The van der Waals surface area contributed by atoms with Gasteiger partial charge in [0.1, 0.15) is 11.5 Å². The minimum atomic E-state index is -3.77. The van der Waals surface area contributed by atoms with Crippen LogP contribution in [0.4, 0.5) is 0 Å². The highest BCUT2D eigenvalue weighted by atomic mass is 31.2. The Morgan fingerprint density at radius 3 is 2.36 bits per heavy atom. The molecule has 2 N–H and O–H groups in total. The van der Waals surface area contributed by atoms with Crippen LogP contribution in [0.5, 0.6) is 5.75 Å². The number of nitrogens with one attached hydrogen (secondary N) is 1. The zero-order chi connectivity index (χ0) is 18.1. The van der Waals surface area contributed by atoms with Crippen molar-refractivity contribution in [3.8, 4) is 5.75 Å². The van der Waals surface area contributed by atoms with Crippen molar-refractivity contribution in [2.75, 3.05) is 7.11 Å². The Labute approximate surface area is 149 Å². The first-order valence-electron chi connectivity index (χ1n) is 8.42. The van der Waals surface area contributed by atoms with E-state index < -0.39 is 13.4 Å². The number of rotatable bonds is 10. The van der Waals surface area contributed by atoms with Gasteiger partial charge in [-0.2, -0.15) is 0 Å². The molecule has 0 aromatic heterocycles. The molecule has 0 aliphatic carbocycles. The fourth-order valence-corrected chi connectivity index (χ4v) is 3.88. The quantitative estimate of drug-likeness (QED) is 0.616. The van der Waals surface area contributed by atoms with Crippen LogP contribution >= 0.6 is 7.60 Å². The van der Waals surface area contributed by atoms with Crippen molar-refractivity contribution < 1.29 is 18.7 Å². The molecule has 2 aromatic carbocycles. The van der Waals surface area contributed by atoms with Gasteiger partial charge in [-0.15, -0.1) is 0 Å². The Morgan fingerprint density at radius 2 is 1.76 bits per heavy atom. The highest BCUT2D eigenvalue weighted by Gasteiger charge is 2.31. The molecule has 0 radical (unpaired) electrons. The third-order valence-corrected chi connectivity index (χ3v) is 5.64. The highest BCUT2D eigenvalue weighted by molar-refractivity contribution is 7.53. The van der Waals surface area contributed by atoms with Crippen LogP contribution in [-0.4, -0.2) is 17.8 Å². The van der Waals surface area contributed by atoms with E-state index in [0.29, 0.717) is 13.0 Å². The Bertz CT molecular complexity index is 676. The highest BCUT2D eigenvalue weighted by Crippen LogP contribution is 2.48. The van der Waals surface area contributed by atoms with Gasteiger partial charge < -0.3 is 14.2 Å². The van der Waals surface area contributed by atoms with Gasteiger partial charge in [0.25, 0.3) is 0 Å². The molecule has 0 heterocycles. The van der Waals surface area contributed by atoms with E-state index in [1.54, 1.807) is 7.11 Å². The summed E-state index contributed by atoms with van der Waals surface area (Å²) in [5, 5.41) is 3.17. The predicted molar refractivity (Wildman–Crippen MR) is 99.6 cm³/mol. The molecule has 0 aliphatic heterocycles. The second kappa shape index (κ2) is 9.73. The van der Waals surface area contributed by atoms with E-state index in [9.17, 15) is 9.46 Å². The number of ether oxygens (including phenoxy) is 1. The second-order valence-corrected chi connectivity index (χ2v) is 7.87. The van der Waals surface area contributed by atoms with Crippen LogP contribution in [0.1, 0.15) is 30.9 Å². The van der Waals surface area contributed by atoms with E-state index in [1.165, 1.54) is 0 Å². The zero-order valence-corrected chi connectivity index (χ0v) is 15.6. The first-order valence-corrected chi connectivity index (χ1v) is 10.1. The molecule has 2 atom stereocenters. The van der Waals surface area contributed by atoms with Gasteiger partial charge in [0, 0.05) is 6.54 Å². The second-order valence-electron chi connectivity index (χ2n) is 5.86. The summed E-state index contributed by atoms with van der Waals surface area (Å²) in [6, 6.07) is 17.0. The molecule has 25 heavy (non-hydrogen) atoms. The molecule has 0 bridgehead atoms. The summed E-state index contributed by atoms with van der Waals surface area (Å²) in [5.74, 6) is 0.191. The van der Waals surface area contributed by atoms with Crippen molar-refractivity contribution in [1.29, 1.82) is 0 Å². The van der Waals surface area contributed by atoms with Gasteiger partial charge in [0.05, 0.1) is 13.7 Å². The molecule has 2 aromatic rings. The predicted octanol–water partition coefficient (Wildman–Crippen LogP) is 4.31. The van der Waals surface area contributed by atoms with Crippen LogP contribution in [0.2, 0.25) is 0 Å². The Kier molecular flexibility index (Phi) is 7.66. The molecular formula is C19H26NO4P. The Balaban J connectivity index is 1.95. The molecule has 0 spiro atoms. The van der Waals surface area contributed by atoms with Gasteiger partial charge in [-0.25, -0.2) is 0 Å². The molecule has 6 heteroatoms. The standard InChI is InChI=1S/C19H26NO4P/c1-3-7-19(20-14-16-10-12-18(23-2)13-11-16)25(21,22)24-15-17-8-5-4-6-9-17/h4-6,8-13,19-20H,3,7,14-15H2,1-2H3,(H,21,22). The van der Waals surface area contributed by atoms with E-state index in [4.69, 9.17) is 9.26 Å². The summed E-state index contributed by atoms with van der Waals surface area (Å²) in [5.41, 5.74) is 1.90. The van der Waals surface area contributed by atoms with Crippen molar-refractivity contribution in [3.63, 3.8) is 0 Å². The Hall–Kier alpha value is -1.65. The number of methoxy groups -OCH3 is 1. The van der Waals surface area contributed by atoms with Crippen LogP contribution in [0.3, 0.4) is 0 Å². The van der Waals surface area contributed by atoms with Gasteiger partial charge in [0.15, 0.2) is 0 Å². The van der Waals surface area contributed by atoms with E-state index >= 15 is 0 Å². The molecule has 0 fully saturated rings. The molecular weight excluding hydrogens is 337 g/mol. The molecule has 2 rings (SSSR count). The third-order valence-electron chi connectivity index (χ3n) is 3.92. The maximum Gasteiger partial charge on any atom is 0.345 e. The summed E-state index contributed by atoms with van der Waals surface area (Å²) in [4.78, 5) is 10.4. The monoisotopic (exact) mass is 363 g/mol. The minimum absolute atomic E-state index is 0.124. The van der Waals surface area contributed by atoms with Gasteiger partial charge in [-0.05, 0) is 29.7 Å². The largest absolute Gasteiger partial charge is 0.497 e. The van der Waals surface area contributed by atoms with Crippen LogP contribution in [0.25, 0.3) is 0 Å². The molecule has 136 valence electrons. The first-order chi connectivity index (χ1) is 12.0. The molecule has 0 aliphatic rings. The first kappa shape index (κ1) is 19.7. The lowest BCUT2D eigenvalue weighted by Crippen LogP contribution is -2.29. The summed E-state index contributed by atoms with van der Waals surface area (Å²) >= 11 is 0.